The Labute approximate surface area is 206 Å². The molecule has 5 rings (SSSR count). The minimum atomic E-state index is -0.0507. The molecule has 0 fully saturated rings. The SMILES string of the molecule is CCOc1cccc(-c2cc(=O)n(C)c3ccc(C(c4ccc(Cl)s4)c4cncn4C)cc23)c1. The molecule has 5 aromatic rings. The van der Waals surface area contributed by atoms with Crippen molar-refractivity contribution >= 4 is 33.8 Å². The highest BCUT2D eigenvalue weighted by Gasteiger charge is 2.23. The van der Waals surface area contributed by atoms with E-state index in [1.807, 2.05) is 74.5 Å². The fraction of sp³-hybridized carbons (Fsp3) is 0.185. The van der Waals surface area contributed by atoms with E-state index in [1.165, 1.54) is 0 Å². The summed E-state index contributed by atoms with van der Waals surface area (Å²) in [7, 11) is 3.81. The zero-order valence-corrected chi connectivity index (χ0v) is 20.7. The summed E-state index contributed by atoms with van der Waals surface area (Å²) in [6.45, 7) is 2.54. The maximum Gasteiger partial charge on any atom is 0.251 e. The van der Waals surface area contributed by atoms with Crippen molar-refractivity contribution in [2.24, 2.45) is 14.1 Å². The van der Waals surface area contributed by atoms with E-state index in [0.717, 1.165) is 48.3 Å². The summed E-state index contributed by atoms with van der Waals surface area (Å²) in [5.41, 5.74) is 4.83. The largest absolute Gasteiger partial charge is 0.494 e. The van der Waals surface area contributed by atoms with E-state index in [2.05, 4.69) is 23.2 Å². The Kier molecular flexibility index (Phi) is 6.02. The number of ether oxygens (including phenoxy) is 1. The van der Waals surface area contributed by atoms with Gasteiger partial charge in [0.05, 0.1) is 28.7 Å². The molecule has 0 aliphatic heterocycles. The Bertz CT molecular complexity index is 1550. The number of imidazole rings is 1. The second-order valence-electron chi connectivity index (χ2n) is 8.20. The lowest BCUT2D eigenvalue weighted by atomic mass is 9.91. The average molecular weight is 490 g/mol. The molecule has 5 nitrogen and oxygen atoms in total. The fourth-order valence-electron chi connectivity index (χ4n) is 4.43. The van der Waals surface area contributed by atoms with E-state index in [0.29, 0.717) is 6.61 Å². The van der Waals surface area contributed by atoms with Crippen molar-refractivity contribution in [3.05, 3.63) is 104 Å². The highest BCUT2D eigenvalue weighted by Crippen LogP contribution is 2.39. The minimum Gasteiger partial charge on any atom is -0.494 e. The first-order chi connectivity index (χ1) is 16.5. The second kappa shape index (κ2) is 9.12. The van der Waals surface area contributed by atoms with Crippen LogP contribution in [-0.4, -0.2) is 20.7 Å². The Morgan fingerprint density at radius 3 is 2.65 bits per heavy atom. The van der Waals surface area contributed by atoms with Crippen LogP contribution in [0, 0.1) is 0 Å². The number of benzene rings is 2. The van der Waals surface area contributed by atoms with Crippen molar-refractivity contribution in [1.29, 1.82) is 0 Å². The zero-order chi connectivity index (χ0) is 23.8. The number of fused-ring (bicyclic) bond motifs is 1. The molecular weight excluding hydrogens is 466 g/mol. The molecule has 2 aromatic carbocycles. The lowest BCUT2D eigenvalue weighted by molar-refractivity contribution is 0.340. The highest BCUT2D eigenvalue weighted by molar-refractivity contribution is 7.16. The van der Waals surface area contributed by atoms with Crippen LogP contribution in [0.4, 0.5) is 0 Å². The maximum absolute atomic E-state index is 12.8. The van der Waals surface area contributed by atoms with Crippen LogP contribution >= 0.6 is 22.9 Å². The third-order valence-corrected chi connectivity index (χ3v) is 7.38. The maximum atomic E-state index is 12.8. The van der Waals surface area contributed by atoms with Gasteiger partial charge in [-0.15, -0.1) is 11.3 Å². The lowest BCUT2D eigenvalue weighted by Crippen LogP contribution is -2.16. The van der Waals surface area contributed by atoms with Gasteiger partial charge < -0.3 is 13.9 Å². The Balaban J connectivity index is 1.76. The van der Waals surface area contributed by atoms with Crippen molar-refractivity contribution in [2.75, 3.05) is 6.61 Å². The molecule has 0 amide bonds. The molecule has 0 N–H and O–H groups in total. The molecule has 0 saturated heterocycles. The molecule has 0 bridgehead atoms. The molecule has 3 aromatic heterocycles. The predicted molar refractivity (Wildman–Crippen MR) is 139 cm³/mol. The molecule has 0 spiro atoms. The molecule has 0 saturated carbocycles. The van der Waals surface area contributed by atoms with Crippen LogP contribution in [0.1, 0.15) is 29.0 Å². The molecule has 3 heterocycles. The van der Waals surface area contributed by atoms with Crippen LogP contribution in [0.3, 0.4) is 0 Å². The van der Waals surface area contributed by atoms with Crippen molar-refractivity contribution in [3.63, 3.8) is 0 Å². The van der Waals surface area contributed by atoms with Crippen LogP contribution in [-0.2, 0) is 14.1 Å². The van der Waals surface area contributed by atoms with Crippen molar-refractivity contribution < 1.29 is 4.74 Å². The third kappa shape index (κ3) is 4.04. The van der Waals surface area contributed by atoms with Gasteiger partial charge in [-0.2, -0.15) is 0 Å². The van der Waals surface area contributed by atoms with Gasteiger partial charge in [0.25, 0.3) is 5.56 Å². The van der Waals surface area contributed by atoms with E-state index in [9.17, 15) is 4.79 Å². The molecule has 0 aliphatic carbocycles. The number of halogens is 1. The van der Waals surface area contributed by atoms with E-state index in [1.54, 1.807) is 22.0 Å². The van der Waals surface area contributed by atoms with Gasteiger partial charge in [0, 0.05) is 42.3 Å². The van der Waals surface area contributed by atoms with E-state index >= 15 is 0 Å². The number of rotatable bonds is 6. The third-order valence-electron chi connectivity index (χ3n) is 6.09. The molecule has 172 valence electrons. The Hall–Kier alpha value is -3.35. The lowest BCUT2D eigenvalue weighted by Gasteiger charge is -2.19. The van der Waals surface area contributed by atoms with E-state index in [-0.39, 0.29) is 11.5 Å². The number of pyridine rings is 1. The van der Waals surface area contributed by atoms with Crippen LogP contribution in [0.5, 0.6) is 5.75 Å². The smallest absolute Gasteiger partial charge is 0.251 e. The highest BCUT2D eigenvalue weighted by atomic mass is 35.5. The molecule has 34 heavy (non-hydrogen) atoms. The first kappa shape index (κ1) is 22.4. The Morgan fingerprint density at radius 1 is 1.09 bits per heavy atom. The number of hydrogen-bond donors (Lipinski definition) is 0. The Morgan fingerprint density at radius 2 is 1.94 bits per heavy atom. The number of nitrogens with zero attached hydrogens (tertiary/aromatic N) is 3. The van der Waals surface area contributed by atoms with Gasteiger partial charge in [-0.25, -0.2) is 4.98 Å². The number of hydrogen-bond acceptors (Lipinski definition) is 4. The summed E-state index contributed by atoms with van der Waals surface area (Å²) < 4.78 is 10.2. The summed E-state index contributed by atoms with van der Waals surface area (Å²) in [6, 6.07) is 19.9. The first-order valence-electron chi connectivity index (χ1n) is 11.0. The van der Waals surface area contributed by atoms with Crippen molar-refractivity contribution in [3.8, 4) is 16.9 Å². The molecule has 7 heteroatoms. The first-order valence-corrected chi connectivity index (χ1v) is 12.2. The molecule has 1 unspecified atom stereocenters. The standard InChI is InChI=1S/C27H24ClN3O2S/c1-4-33-19-7-5-6-17(12-19)20-14-26(32)31(3)22-9-8-18(13-21(20)22)27(23-15-29-16-30(23)2)24-10-11-25(28)34-24/h5-16,27H,4H2,1-3H3. The van der Waals surface area contributed by atoms with Crippen LogP contribution in [0.2, 0.25) is 4.34 Å². The van der Waals surface area contributed by atoms with Crippen LogP contribution < -0.4 is 10.3 Å². The summed E-state index contributed by atoms with van der Waals surface area (Å²) >= 11 is 7.89. The summed E-state index contributed by atoms with van der Waals surface area (Å²) in [5.74, 6) is 0.750. The van der Waals surface area contributed by atoms with Crippen LogP contribution in [0.25, 0.3) is 22.0 Å². The van der Waals surface area contributed by atoms with Gasteiger partial charge in [-0.05, 0) is 60.0 Å². The van der Waals surface area contributed by atoms with Gasteiger partial charge in [0.1, 0.15) is 5.75 Å². The molecule has 0 aliphatic rings. The molecule has 0 radical (unpaired) electrons. The normalized spacial score (nSPS) is 12.2. The topological polar surface area (TPSA) is 49.1 Å². The fourth-order valence-corrected chi connectivity index (χ4v) is 5.63. The van der Waals surface area contributed by atoms with Gasteiger partial charge in [-0.1, -0.05) is 29.8 Å². The van der Waals surface area contributed by atoms with Crippen molar-refractivity contribution in [1.82, 2.24) is 14.1 Å². The number of aromatic nitrogens is 3. The van der Waals surface area contributed by atoms with Gasteiger partial charge in [-0.3, -0.25) is 4.79 Å². The van der Waals surface area contributed by atoms with Gasteiger partial charge in [0.2, 0.25) is 0 Å². The summed E-state index contributed by atoms with van der Waals surface area (Å²) in [4.78, 5) is 18.3. The average Bonchev–Trinajstić information content (AvgIpc) is 3.45. The zero-order valence-electron chi connectivity index (χ0n) is 19.2. The van der Waals surface area contributed by atoms with E-state index in [4.69, 9.17) is 16.3 Å². The van der Waals surface area contributed by atoms with Crippen LogP contribution in [0.15, 0.2) is 78.0 Å². The summed E-state index contributed by atoms with van der Waals surface area (Å²) in [6.07, 6.45) is 3.71. The monoisotopic (exact) mass is 489 g/mol. The van der Waals surface area contributed by atoms with E-state index < -0.39 is 0 Å². The minimum absolute atomic E-state index is 0.0331. The number of thiophene rings is 1. The summed E-state index contributed by atoms with van der Waals surface area (Å²) in [5, 5.41) is 1.00. The second-order valence-corrected chi connectivity index (χ2v) is 9.94. The molecular formula is C27H24ClN3O2S. The number of aryl methyl sites for hydroxylation is 2. The van der Waals surface area contributed by atoms with Crippen molar-refractivity contribution in [2.45, 2.75) is 12.8 Å². The molecule has 1 atom stereocenters. The van der Waals surface area contributed by atoms with Gasteiger partial charge in [0.15, 0.2) is 0 Å². The predicted octanol–water partition coefficient (Wildman–Crippen LogP) is 6.23. The quantitative estimate of drug-likeness (QED) is 0.284. The van der Waals surface area contributed by atoms with Gasteiger partial charge >= 0.3 is 0 Å².